The first-order valence-electron chi connectivity index (χ1n) is 7.02. The zero-order valence-corrected chi connectivity index (χ0v) is 12.7. The van der Waals surface area contributed by atoms with Crippen LogP contribution in [0.2, 0.25) is 0 Å². The average molecular weight is 290 g/mol. The van der Waals surface area contributed by atoms with Crippen LogP contribution < -0.4 is 5.73 Å². The standard InChI is InChI=1S/C14H22N6O/c1-4-18(8-9-20-7-5-6-17-20)13(21)14(2,3)19-10-12(15)16-11-19/h5-7,10-11H,4,8-9,15H2,1-3H3. The Hall–Kier alpha value is -2.31. The number of anilines is 1. The van der Waals surface area contributed by atoms with Crippen LogP contribution in [0.3, 0.4) is 0 Å². The summed E-state index contributed by atoms with van der Waals surface area (Å²) in [5.74, 6) is 0.449. The number of carbonyl (C=O) groups excluding carboxylic acids is 1. The number of nitrogens with two attached hydrogens (primary N) is 1. The third-order valence-corrected chi connectivity index (χ3v) is 3.60. The largest absolute Gasteiger partial charge is 0.382 e. The predicted molar refractivity (Wildman–Crippen MR) is 80.4 cm³/mol. The van der Waals surface area contributed by atoms with Crippen molar-refractivity contribution >= 4 is 11.7 Å². The van der Waals surface area contributed by atoms with Gasteiger partial charge in [0.25, 0.3) is 0 Å². The molecule has 0 unspecified atom stereocenters. The van der Waals surface area contributed by atoms with Crippen molar-refractivity contribution in [3.05, 3.63) is 31.0 Å². The maximum Gasteiger partial charge on any atom is 0.248 e. The summed E-state index contributed by atoms with van der Waals surface area (Å²) < 4.78 is 3.57. The molecule has 2 rings (SSSR count). The first kappa shape index (κ1) is 15.1. The van der Waals surface area contributed by atoms with Gasteiger partial charge in [-0.1, -0.05) is 0 Å². The van der Waals surface area contributed by atoms with Crippen LogP contribution in [0.15, 0.2) is 31.0 Å². The fourth-order valence-electron chi connectivity index (χ4n) is 2.20. The Bertz CT molecular complexity index is 586. The summed E-state index contributed by atoms with van der Waals surface area (Å²) in [6.45, 7) is 7.65. The number of hydrogen-bond donors (Lipinski definition) is 1. The molecule has 114 valence electrons. The molecule has 0 aliphatic heterocycles. The van der Waals surface area contributed by atoms with E-state index in [0.717, 1.165) is 0 Å². The van der Waals surface area contributed by atoms with Gasteiger partial charge in [-0.3, -0.25) is 9.48 Å². The van der Waals surface area contributed by atoms with Crippen LogP contribution in [0.1, 0.15) is 20.8 Å². The van der Waals surface area contributed by atoms with Crippen LogP contribution in [-0.2, 0) is 16.9 Å². The number of amides is 1. The molecule has 0 saturated heterocycles. The second-order valence-electron chi connectivity index (χ2n) is 5.42. The lowest BCUT2D eigenvalue weighted by molar-refractivity contribution is -0.139. The topological polar surface area (TPSA) is 82.0 Å². The molecular weight excluding hydrogens is 268 g/mol. The first-order valence-corrected chi connectivity index (χ1v) is 7.02. The Balaban J connectivity index is 2.07. The van der Waals surface area contributed by atoms with E-state index in [1.807, 2.05) is 42.6 Å². The smallest absolute Gasteiger partial charge is 0.248 e. The second kappa shape index (κ2) is 5.99. The maximum atomic E-state index is 12.8. The third-order valence-electron chi connectivity index (χ3n) is 3.60. The molecule has 2 N–H and O–H groups in total. The summed E-state index contributed by atoms with van der Waals surface area (Å²) in [7, 11) is 0. The normalized spacial score (nSPS) is 11.6. The van der Waals surface area contributed by atoms with Crippen molar-refractivity contribution in [3.8, 4) is 0 Å². The minimum absolute atomic E-state index is 0.0366. The van der Waals surface area contributed by atoms with E-state index in [2.05, 4.69) is 10.1 Å². The summed E-state index contributed by atoms with van der Waals surface area (Å²) in [6, 6.07) is 1.87. The lowest BCUT2D eigenvalue weighted by Gasteiger charge is -2.32. The zero-order chi connectivity index (χ0) is 15.5. The molecule has 7 heteroatoms. The van der Waals surface area contributed by atoms with Crippen LogP contribution >= 0.6 is 0 Å². The second-order valence-corrected chi connectivity index (χ2v) is 5.42. The van der Waals surface area contributed by atoms with Gasteiger partial charge in [-0.05, 0) is 26.8 Å². The van der Waals surface area contributed by atoms with E-state index in [1.165, 1.54) is 0 Å². The fraction of sp³-hybridized carbons (Fsp3) is 0.500. The SMILES string of the molecule is CCN(CCn1cccn1)C(=O)C(C)(C)n1cnc(N)c1. The molecule has 0 aromatic carbocycles. The third kappa shape index (κ3) is 3.24. The molecule has 0 radical (unpaired) electrons. The number of imidazole rings is 1. The molecule has 0 aliphatic rings. The molecule has 0 atom stereocenters. The van der Waals surface area contributed by atoms with Crippen LogP contribution in [0.5, 0.6) is 0 Å². The van der Waals surface area contributed by atoms with E-state index < -0.39 is 5.54 Å². The summed E-state index contributed by atoms with van der Waals surface area (Å²) in [4.78, 5) is 18.6. The van der Waals surface area contributed by atoms with Crippen LogP contribution in [0, 0.1) is 0 Å². The van der Waals surface area contributed by atoms with Gasteiger partial charge in [-0.25, -0.2) is 4.98 Å². The van der Waals surface area contributed by atoms with E-state index in [1.54, 1.807) is 23.3 Å². The van der Waals surface area contributed by atoms with Crippen molar-refractivity contribution in [2.75, 3.05) is 18.8 Å². The highest BCUT2D eigenvalue weighted by Gasteiger charge is 2.33. The Kier molecular flexibility index (Phi) is 4.30. The van der Waals surface area contributed by atoms with Gasteiger partial charge >= 0.3 is 0 Å². The molecule has 2 aromatic heterocycles. The van der Waals surface area contributed by atoms with Crippen LogP contribution in [0.25, 0.3) is 0 Å². The molecule has 0 spiro atoms. The fourth-order valence-corrected chi connectivity index (χ4v) is 2.20. The van der Waals surface area contributed by atoms with Crippen LogP contribution in [0.4, 0.5) is 5.82 Å². The Morgan fingerprint density at radius 3 is 2.76 bits per heavy atom. The van der Waals surface area contributed by atoms with Crippen molar-refractivity contribution < 1.29 is 4.79 Å². The summed E-state index contributed by atoms with van der Waals surface area (Å²) >= 11 is 0. The van der Waals surface area contributed by atoms with Gasteiger partial charge in [0.2, 0.25) is 5.91 Å². The van der Waals surface area contributed by atoms with Gasteiger partial charge in [0, 0.05) is 31.7 Å². The van der Waals surface area contributed by atoms with Crippen molar-refractivity contribution in [1.82, 2.24) is 24.2 Å². The van der Waals surface area contributed by atoms with Crippen molar-refractivity contribution in [1.29, 1.82) is 0 Å². The number of nitrogens with zero attached hydrogens (tertiary/aromatic N) is 5. The lowest BCUT2D eigenvalue weighted by atomic mass is 10.0. The highest BCUT2D eigenvalue weighted by atomic mass is 16.2. The number of nitrogen functional groups attached to an aromatic ring is 1. The first-order chi connectivity index (χ1) is 9.95. The molecule has 7 nitrogen and oxygen atoms in total. The number of rotatable bonds is 6. The highest BCUT2D eigenvalue weighted by molar-refractivity contribution is 5.83. The minimum atomic E-state index is -0.718. The predicted octanol–water partition coefficient (Wildman–Crippen LogP) is 0.946. The van der Waals surface area contributed by atoms with Crippen LogP contribution in [-0.4, -0.2) is 43.2 Å². The van der Waals surface area contributed by atoms with Gasteiger partial charge in [0.05, 0.1) is 12.9 Å². The molecule has 21 heavy (non-hydrogen) atoms. The van der Waals surface area contributed by atoms with Gasteiger partial charge in [0.15, 0.2) is 0 Å². The molecular formula is C14H22N6O. The number of carbonyl (C=O) groups is 1. The average Bonchev–Trinajstić information content (AvgIpc) is 3.10. The van der Waals surface area contributed by atoms with Gasteiger partial charge in [-0.15, -0.1) is 0 Å². The summed E-state index contributed by atoms with van der Waals surface area (Å²) in [5.41, 5.74) is 4.92. The van der Waals surface area contributed by atoms with E-state index in [-0.39, 0.29) is 5.91 Å². The Labute approximate surface area is 124 Å². The van der Waals surface area contributed by atoms with E-state index in [9.17, 15) is 4.79 Å². The maximum absolute atomic E-state index is 12.8. The molecule has 2 aromatic rings. The Morgan fingerprint density at radius 2 is 2.24 bits per heavy atom. The Morgan fingerprint density at radius 1 is 1.48 bits per heavy atom. The molecule has 0 bridgehead atoms. The quantitative estimate of drug-likeness (QED) is 0.858. The van der Waals surface area contributed by atoms with E-state index >= 15 is 0 Å². The highest BCUT2D eigenvalue weighted by Crippen LogP contribution is 2.19. The monoisotopic (exact) mass is 290 g/mol. The molecule has 1 amide bonds. The minimum Gasteiger partial charge on any atom is -0.382 e. The number of hydrogen-bond acceptors (Lipinski definition) is 4. The van der Waals surface area contributed by atoms with Gasteiger partial charge in [0.1, 0.15) is 11.4 Å². The van der Waals surface area contributed by atoms with Crippen molar-refractivity contribution in [2.24, 2.45) is 0 Å². The zero-order valence-electron chi connectivity index (χ0n) is 12.7. The number of aromatic nitrogens is 4. The van der Waals surface area contributed by atoms with E-state index in [0.29, 0.717) is 25.5 Å². The van der Waals surface area contributed by atoms with Crippen molar-refractivity contribution in [2.45, 2.75) is 32.9 Å². The van der Waals surface area contributed by atoms with Gasteiger partial charge < -0.3 is 15.2 Å². The van der Waals surface area contributed by atoms with E-state index in [4.69, 9.17) is 5.73 Å². The number of likely N-dealkylation sites (N-methyl/N-ethyl adjacent to an activating group) is 1. The van der Waals surface area contributed by atoms with Gasteiger partial charge in [-0.2, -0.15) is 5.10 Å². The summed E-state index contributed by atoms with van der Waals surface area (Å²) in [6.07, 6.45) is 6.89. The summed E-state index contributed by atoms with van der Waals surface area (Å²) in [5, 5.41) is 4.15. The molecule has 0 fully saturated rings. The van der Waals surface area contributed by atoms with Crippen molar-refractivity contribution in [3.63, 3.8) is 0 Å². The molecule has 0 aliphatic carbocycles. The molecule has 2 heterocycles. The molecule has 0 saturated carbocycles. The lowest BCUT2D eigenvalue weighted by Crippen LogP contribution is -2.47.